The molecule has 0 saturated heterocycles. The third kappa shape index (κ3) is 4.37. The van der Waals surface area contributed by atoms with E-state index in [1.54, 1.807) is 0 Å². The van der Waals surface area contributed by atoms with E-state index in [9.17, 15) is 0 Å². The van der Waals surface area contributed by atoms with E-state index in [1.807, 2.05) is 0 Å². The van der Waals surface area contributed by atoms with Crippen LogP contribution in [-0.4, -0.2) is 14.5 Å². The summed E-state index contributed by atoms with van der Waals surface area (Å²) >= 11 is 0. The summed E-state index contributed by atoms with van der Waals surface area (Å²) < 4.78 is 2.30. The van der Waals surface area contributed by atoms with Gasteiger partial charge in [0.1, 0.15) is 5.82 Å². The number of hydrogen-bond acceptors (Lipinski definition) is 2. The molecule has 0 N–H and O–H groups in total. The summed E-state index contributed by atoms with van der Waals surface area (Å²) in [5.41, 5.74) is 7.50. The first-order valence-corrected chi connectivity index (χ1v) is 16.7. The summed E-state index contributed by atoms with van der Waals surface area (Å²) in [7, 11) is 0. The second-order valence-corrected chi connectivity index (χ2v) is 12.6. The second-order valence-electron chi connectivity index (χ2n) is 12.6. The molecule has 0 fully saturated rings. The molecule has 0 spiro atoms. The van der Waals surface area contributed by atoms with Crippen LogP contribution in [0.4, 0.5) is 0 Å². The fourth-order valence-corrected chi connectivity index (χ4v) is 7.61. The summed E-state index contributed by atoms with van der Waals surface area (Å²) in [6, 6.07) is 62.5. The number of nitrogens with zero attached hydrogens (tertiary/aromatic N) is 3. The molecule has 0 unspecified atom stereocenters. The van der Waals surface area contributed by atoms with Gasteiger partial charge in [-0.1, -0.05) is 152 Å². The van der Waals surface area contributed by atoms with Gasteiger partial charge in [0.05, 0.1) is 16.7 Å². The first kappa shape index (κ1) is 27.5. The van der Waals surface area contributed by atoms with Gasteiger partial charge >= 0.3 is 0 Å². The molecule has 0 amide bonds. The van der Waals surface area contributed by atoms with E-state index in [1.165, 1.54) is 32.3 Å². The maximum Gasteiger partial charge on any atom is 0.163 e. The van der Waals surface area contributed by atoms with Gasteiger partial charge in [-0.3, -0.25) is 4.57 Å². The largest absolute Gasteiger partial charge is 0.294 e. The molecule has 8 aromatic carbocycles. The number of para-hydroxylation sites is 2. The molecule has 0 aliphatic carbocycles. The van der Waals surface area contributed by atoms with E-state index in [0.29, 0.717) is 5.82 Å². The Kier molecular flexibility index (Phi) is 6.18. The predicted octanol–water partition coefficient (Wildman–Crippen LogP) is 12.0. The summed E-state index contributed by atoms with van der Waals surface area (Å²) in [4.78, 5) is 11.0. The van der Waals surface area contributed by atoms with Crippen molar-refractivity contribution in [1.29, 1.82) is 0 Å². The Morgan fingerprint density at radius 3 is 1.71 bits per heavy atom. The van der Waals surface area contributed by atoms with Crippen molar-refractivity contribution >= 4 is 54.1 Å². The molecule has 228 valence electrons. The minimum Gasteiger partial charge on any atom is -0.294 e. The van der Waals surface area contributed by atoms with Crippen LogP contribution in [0.5, 0.6) is 0 Å². The van der Waals surface area contributed by atoms with Crippen LogP contribution in [0.2, 0.25) is 0 Å². The highest BCUT2D eigenvalue weighted by Gasteiger charge is 2.20. The fraction of sp³-hybridized carbons (Fsp3) is 0. The lowest BCUT2D eigenvalue weighted by molar-refractivity contribution is 1.05. The van der Waals surface area contributed by atoms with Crippen LogP contribution in [0.3, 0.4) is 0 Å². The molecule has 0 atom stereocenters. The van der Waals surface area contributed by atoms with Crippen LogP contribution in [0, 0.1) is 0 Å². The molecule has 2 heterocycles. The lowest BCUT2D eigenvalue weighted by atomic mass is 9.92. The van der Waals surface area contributed by atoms with Crippen molar-refractivity contribution in [3.63, 3.8) is 0 Å². The van der Waals surface area contributed by atoms with Gasteiger partial charge in [-0.05, 0) is 61.6 Å². The van der Waals surface area contributed by atoms with Gasteiger partial charge in [0, 0.05) is 28.0 Å². The van der Waals surface area contributed by atoms with Gasteiger partial charge in [-0.15, -0.1) is 0 Å². The maximum absolute atomic E-state index is 5.51. The molecule has 0 aliphatic heterocycles. The van der Waals surface area contributed by atoms with Crippen molar-refractivity contribution in [3.8, 4) is 39.6 Å². The Morgan fingerprint density at radius 2 is 0.959 bits per heavy atom. The van der Waals surface area contributed by atoms with Crippen LogP contribution in [0.15, 0.2) is 176 Å². The van der Waals surface area contributed by atoms with E-state index < -0.39 is 0 Å². The quantitative estimate of drug-likeness (QED) is 0.144. The Morgan fingerprint density at radius 1 is 0.367 bits per heavy atom. The maximum atomic E-state index is 5.51. The number of fused-ring (bicyclic) bond motifs is 7. The van der Waals surface area contributed by atoms with E-state index >= 15 is 0 Å². The molecule has 10 rings (SSSR count). The zero-order chi connectivity index (χ0) is 32.3. The van der Waals surface area contributed by atoms with Gasteiger partial charge in [0.2, 0.25) is 0 Å². The van der Waals surface area contributed by atoms with E-state index in [0.717, 1.165) is 55.6 Å². The number of benzene rings is 8. The summed E-state index contributed by atoms with van der Waals surface area (Å²) in [5, 5.41) is 9.47. The lowest BCUT2D eigenvalue weighted by Gasteiger charge is -2.17. The van der Waals surface area contributed by atoms with Crippen molar-refractivity contribution in [3.05, 3.63) is 176 Å². The minimum atomic E-state index is 0.703. The fourth-order valence-electron chi connectivity index (χ4n) is 7.61. The SMILES string of the molecule is c1ccc(-c2ccccc2-c2cc(-n3c4ccccc4c4ccccc43)nc(-c3c4ccccc4cc4c3ccc3ccccc34)n2)cc1. The van der Waals surface area contributed by atoms with Crippen LogP contribution in [-0.2, 0) is 0 Å². The van der Waals surface area contributed by atoms with Crippen LogP contribution in [0.1, 0.15) is 0 Å². The Bertz CT molecular complexity index is 2830. The average Bonchev–Trinajstić information content (AvgIpc) is 3.51. The molecular formula is C46H29N3. The van der Waals surface area contributed by atoms with Crippen molar-refractivity contribution < 1.29 is 0 Å². The zero-order valence-corrected chi connectivity index (χ0v) is 26.6. The van der Waals surface area contributed by atoms with Gasteiger partial charge in [-0.2, -0.15) is 0 Å². The molecular weight excluding hydrogens is 595 g/mol. The van der Waals surface area contributed by atoms with Gasteiger partial charge < -0.3 is 0 Å². The third-order valence-electron chi connectivity index (χ3n) is 9.80. The summed E-state index contributed by atoms with van der Waals surface area (Å²) in [6.45, 7) is 0. The third-order valence-corrected chi connectivity index (χ3v) is 9.80. The van der Waals surface area contributed by atoms with Crippen molar-refractivity contribution in [1.82, 2.24) is 14.5 Å². The molecule has 49 heavy (non-hydrogen) atoms. The van der Waals surface area contributed by atoms with Crippen molar-refractivity contribution in [2.75, 3.05) is 0 Å². The average molecular weight is 624 g/mol. The second kappa shape index (κ2) is 11.0. The van der Waals surface area contributed by atoms with Crippen molar-refractivity contribution in [2.45, 2.75) is 0 Å². The molecule has 0 aliphatic rings. The van der Waals surface area contributed by atoms with Crippen molar-refractivity contribution in [2.24, 2.45) is 0 Å². The highest BCUT2D eigenvalue weighted by molar-refractivity contribution is 6.19. The van der Waals surface area contributed by atoms with Gasteiger partial charge in [0.15, 0.2) is 5.82 Å². The molecule has 3 heteroatoms. The van der Waals surface area contributed by atoms with Crippen LogP contribution in [0.25, 0.3) is 93.7 Å². The van der Waals surface area contributed by atoms with Gasteiger partial charge in [0.25, 0.3) is 0 Å². The van der Waals surface area contributed by atoms with E-state index in [2.05, 4.69) is 180 Å². The van der Waals surface area contributed by atoms with E-state index in [4.69, 9.17) is 9.97 Å². The smallest absolute Gasteiger partial charge is 0.163 e. The first-order valence-electron chi connectivity index (χ1n) is 16.7. The van der Waals surface area contributed by atoms with E-state index in [-0.39, 0.29) is 0 Å². The summed E-state index contributed by atoms with van der Waals surface area (Å²) in [5.74, 6) is 1.54. The molecule has 2 aromatic heterocycles. The summed E-state index contributed by atoms with van der Waals surface area (Å²) in [6.07, 6.45) is 0. The number of rotatable bonds is 4. The Balaban J connectivity index is 1.36. The topological polar surface area (TPSA) is 30.7 Å². The molecule has 0 saturated carbocycles. The van der Waals surface area contributed by atoms with Crippen LogP contribution < -0.4 is 0 Å². The lowest BCUT2D eigenvalue weighted by Crippen LogP contribution is -2.03. The highest BCUT2D eigenvalue weighted by Crippen LogP contribution is 2.41. The Labute approximate surface area is 283 Å². The number of hydrogen-bond donors (Lipinski definition) is 0. The normalized spacial score (nSPS) is 11.7. The first-order chi connectivity index (χ1) is 24.3. The predicted molar refractivity (Wildman–Crippen MR) is 205 cm³/mol. The Hall–Kier alpha value is -6.58. The zero-order valence-electron chi connectivity index (χ0n) is 26.6. The monoisotopic (exact) mass is 623 g/mol. The van der Waals surface area contributed by atoms with Crippen LogP contribution >= 0.6 is 0 Å². The molecule has 3 nitrogen and oxygen atoms in total. The molecule has 10 aromatic rings. The molecule has 0 radical (unpaired) electrons. The minimum absolute atomic E-state index is 0.703. The molecule has 0 bridgehead atoms. The highest BCUT2D eigenvalue weighted by atomic mass is 15.1. The standard InChI is InChI=1S/C46H29N3/c1-2-14-30(15-3-1)33-18-8-9-21-36(33)41-29-44(49-42-24-12-10-22-37(42)38-23-11-13-25-43(38)49)48-46(47-41)45-35-20-7-5-17-32(35)28-40-34-19-6-4-16-31(34)26-27-39(40)45/h1-29H. The van der Waals surface area contributed by atoms with Gasteiger partial charge in [-0.25, -0.2) is 9.97 Å². The number of aromatic nitrogens is 3.